The maximum atomic E-state index is 11.9. The molecule has 0 radical (unpaired) electrons. The van der Waals surface area contributed by atoms with Crippen molar-refractivity contribution >= 4 is 18.3 Å². The van der Waals surface area contributed by atoms with Gasteiger partial charge in [-0.3, -0.25) is 4.79 Å². The van der Waals surface area contributed by atoms with E-state index in [-0.39, 0.29) is 18.3 Å². The highest BCUT2D eigenvalue weighted by atomic mass is 35.5. The smallest absolute Gasteiger partial charge is 0.287 e. The first kappa shape index (κ1) is 15.1. The van der Waals surface area contributed by atoms with Gasteiger partial charge in [0.15, 0.2) is 5.76 Å². The van der Waals surface area contributed by atoms with Gasteiger partial charge in [-0.25, -0.2) is 0 Å². The van der Waals surface area contributed by atoms with Crippen molar-refractivity contribution in [3.05, 3.63) is 23.2 Å². The Bertz CT molecular complexity index is 398. The molecule has 0 spiro atoms. The number of hydrogen-bond donors (Lipinski definition) is 2. The molecule has 1 amide bonds. The maximum Gasteiger partial charge on any atom is 0.287 e. The minimum Gasteiger partial charge on any atom is -0.456 e. The molecule has 1 unspecified atom stereocenters. The van der Waals surface area contributed by atoms with Gasteiger partial charge in [0.25, 0.3) is 5.91 Å². The van der Waals surface area contributed by atoms with Crippen molar-refractivity contribution in [3.8, 4) is 0 Å². The van der Waals surface area contributed by atoms with Crippen LogP contribution in [0.15, 0.2) is 10.5 Å². The third-order valence-electron chi connectivity index (χ3n) is 3.20. The molecule has 1 aliphatic rings. The second-order valence-corrected chi connectivity index (χ2v) is 4.79. The maximum absolute atomic E-state index is 11.9. The second kappa shape index (κ2) is 6.81. The van der Waals surface area contributed by atoms with E-state index >= 15 is 0 Å². The highest BCUT2D eigenvalue weighted by molar-refractivity contribution is 5.92. The van der Waals surface area contributed by atoms with Gasteiger partial charge in [-0.15, -0.1) is 12.4 Å². The predicted octanol–water partition coefficient (Wildman–Crippen LogP) is 2.05. The molecule has 4 nitrogen and oxygen atoms in total. The number of furan rings is 1. The Balaban J connectivity index is 0.00000162. The van der Waals surface area contributed by atoms with Gasteiger partial charge in [-0.2, -0.15) is 0 Å². The molecular formula is C13H21ClN2O2. The molecule has 1 aliphatic heterocycles. The van der Waals surface area contributed by atoms with Crippen LogP contribution in [0.25, 0.3) is 0 Å². The van der Waals surface area contributed by atoms with Crippen molar-refractivity contribution in [1.29, 1.82) is 0 Å². The Kier molecular flexibility index (Phi) is 5.69. The molecule has 2 N–H and O–H groups in total. The second-order valence-electron chi connectivity index (χ2n) is 4.79. The average molecular weight is 273 g/mol. The Morgan fingerprint density at radius 1 is 1.56 bits per heavy atom. The van der Waals surface area contributed by atoms with Crippen molar-refractivity contribution in [3.63, 3.8) is 0 Å². The fourth-order valence-electron chi connectivity index (χ4n) is 2.28. The third-order valence-corrected chi connectivity index (χ3v) is 3.20. The monoisotopic (exact) mass is 272 g/mol. The molecule has 1 atom stereocenters. The Morgan fingerprint density at radius 2 is 2.33 bits per heavy atom. The zero-order chi connectivity index (χ0) is 12.3. The summed E-state index contributed by atoms with van der Waals surface area (Å²) in [5.74, 6) is 1.68. The molecule has 102 valence electrons. The molecular weight excluding hydrogens is 252 g/mol. The van der Waals surface area contributed by atoms with E-state index in [2.05, 4.69) is 10.6 Å². The largest absolute Gasteiger partial charge is 0.456 e. The van der Waals surface area contributed by atoms with Gasteiger partial charge >= 0.3 is 0 Å². The number of carbonyl (C=O) groups excluding carboxylic acids is 1. The Morgan fingerprint density at radius 3 is 2.89 bits per heavy atom. The van der Waals surface area contributed by atoms with E-state index in [1.807, 2.05) is 19.9 Å². The van der Waals surface area contributed by atoms with Crippen molar-refractivity contribution in [1.82, 2.24) is 10.6 Å². The highest BCUT2D eigenvalue weighted by Crippen LogP contribution is 2.14. The van der Waals surface area contributed by atoms with E-state index in [0.717, 1.165) is 31.0 Å². The summed E-state index contributed by atoms with van der Waals surface area (Å²) in [6, 6.07) is 1.89. The molecule has 0 aromatic carbocycles. The first-order chi connectivity index (χ1) is 8.16. The molecule has 18 heavy (non-hydrogen) atoms. The van der Waals surface area contributed by atoms with Crippen molar-refractivity contribution < 1.29 is 9.21 Å². The number of carbonyl (C=O) groups is 1. The van der Waals surface area contributed by atoms with Crippen LogP contribution in [-0.2, 0) is 0 Å². The minimum absolute atomic E-state index is 0. The Labute approximate surface area is 114 Å². The van der Waals surface area contributed by atoms with Gasteiger partial charge in [-0.05, 0) is 51.8 Å². The molecule has 0 aliphatic carbocycles. The summed E-state index contributed by atoms with van der Waals surface area (Å²) in [6.45, 7) is 6.57. The van der Waals surface area contributed by atoms with Crippen LogP contribution in [-0.4, -0.2) is 25.5 Å². The summed E-state index contributed by atoms with van der Waals surface area (Å²) < 4.78 is 5.39. The molecule has 1 aromatic rings. The molecule has 2 heterocycles. The van der Waals surface area contributed by atoms with Crippen LogP contribution in [0, 0.1) is 19.8 Å². The van der Waals surface area contributed by atoms with E-state index in [9.17, 15) is 4.79 Å². The van der Waals surface area contributed by atoms with Gasteiger partial charge in [0.05, 0.1) is 0 Å². The third kappa shape index (κ3) is 3.75. The molecule has 5 heteroatoms. The van der Waals surface area contributed by atoms with E-state index in [1.165, 1.54) is 12.8 Å². The molecule has 1 fully saturated rings. The van der Waals surface area contributed by atoms with Gasteiger partial charge in [-0.1, -0.05) is 0 Å². The van der Waals surface area contributed by atoms with Crippen molar-refractivity contribution in [2.45, 2.75) is 26.7 Å². The van der Waals surface area contributed by atoms with Crippen LogP contribution in [0.1, 0.15) is 34.7 Å². The fourth-order valence-corrected chi connectivity index (χ4v) is 2.28. The highest BCUT2D eigenvalue weighted by Gasteiger charge is 2.17. The van der Waals surface area contributed by atoms with Crippen LogP contribution in [0.2, 0.25) is 0 Å². The zero-order valence-corrected chi connectivity index (χ0v) is 11.7. The van der Waals surface area contributed by atoms with Crippen LogP contribution < -0.4 is 10.6 Å². The summed E-state index contributed by atoms with van der Waals surface area (Å²) in [6.07, 6.45) is 2.38. The number of nitrogens with one attached hydrogen (secondary N) is 2. The van der Waals surface area contributed by atoms with E-state index in [1.54, 1.807) is 0 Å². The Hall–Kier alpha value is -1.00. The molecule has 0 saturated carbocycles. The van der Waals surface area contributed by atoms with Crippen LogP contribution >= 0.6 is 12.4 Å². The van der Waals surface area contributed by atoms with Crippen LogP contribution in [0.3, 0.4) is 0 Å². The average Bonchev–Trinajstić information content (AvgIpc) is 2.67. The number of rotatable bonds is 3. The summed E-state index contributed by atoms with van der Waals surface area (Å²) in [5, 5.41) is 6.29. The van der Waals surface area contributed by atoms with Gasteiger partial charge in [0.2, 0.25) is 0 Å². The van der Waals surface area contributed by atoms with Crippen LogP contribution in [0.5, 0.6) is 0 Å². The molecule has 2 rings (SSSR count). The SMILES string of the molecule is Cc1cc(C)c(C(=O)NCC2CCCNC2)o1.Cl. The van der Waals surface area contributed by atoms with Crippen LogP contribution in [0.4, 0.5) is 0 Å². The van der Waals surface area contributed by atoms with E-state index in [4.69, 9.17) is 4.42 Å². The minimum atomic E-state index is -0.0961. The quantitative estimate of drug-likeness (QED) is 0.885. The zero-order valence-electron chi connectivity index (χ0n) is 10.9. The lowest BCUT2D eigenvalue weighted by Crippen LogP contribution is -2.38. The number of amides is 1. The number of piperidine rings is 1. The van der Waals surface area contributed by atoms with Gasteiger partial charge < -0.3 is 15.1 Å². The number of halogens is 1. The summed E-state index contributed by atoms with van der Waals surface area (Å²) in [7, 11) is 0. The first-order valence-corrected chi connectivity index (χ1v) is 6.23. The number of hydrogen-bond acceptors (Lipinski definition) is 3. The first-order valence-electron chi connectivity index (χ1n) is 6.23. The van der Waals surface area contributed by atoms with Gasteiger partial charge in [0, 0.05) is 12.1 Å². The van der Waals surface area contributed by atoms with Crippen molar-refractivity contribution in [2.24, 2.45) is 5.92 Å². The van der Waals surface area contributed by atoms with Crippen molar-refractivity contribution in [2.75, 3.05) is 19.6 Å². The lowest BCUT2D eigenvalue weighted by molar-refractivity contribution is 0.0915. The lowest BCUT2D eigenvalue weighted by Gasteiger charge is -2.22. The summed E-state index contributed by atoms with van der Waals surface area (Å²) in [5.41, 5.74) is 0.904. The lowest BCUT2D eigenvalue weighted by atomic mass is 10.00. The molecule has 1 aromatic heterocycles. The standard InChI is InChI=1S/C13H20N2O2.ClH/c1-9-6-10(2)17-12(9)13(16)15-8-11-4-3-5-14-7-11;/h6,11,14H,3-5,7-8H2,1-2H3,(H,15,16);1H. The predicted molar refractivity (Wildman–Crippen MR) is 73.4 cm³/mol. The van der Waals surface area contributed by atoms with E-state index in [0.29, 0.717) is 11.7 Å². The fraction of sp³-hybridized carbons (Fsp3) is 0.615. The normalized spacial score (nSPS) is 19.1. The summed E-state index contributed by atoms with van der Waals surface area (Å²) >= 11 is 0. The topological polar surface area (TPSA) is 54.3 Å². The number of aryl methyl sites for hydroxylation is 2. The molecule has 1 saturated heterocycles. The summed E-state index contributed by atoms with van der Waals surface area (Å²) in [4.78, 5) is 11.9. The molecule has 0 bridgehead atoms. The van der Waals surface area contributed by atoms with E-state index < -0.39 is 0 Å². The van der Waals surface area contributed by atoms with Gasteiger partial charge in [0.1, 0.15) is 5.76 Å².